The molecule has 1 aromatic carbocycles. The zero-order valence-electron chi connectivity index (χ0n) is 13.5. The summed E-state index contributed by atoms with van der Waals surface area (Å²) in [6, 6.07) is 8.36. The Morgan fingerprint density at radius 2 is 2.09 bits per heavy atom. The molecule has 4 heteroatoms. The maximum atomic E-state index is 12.5. The van der Waals surface area contributed by atoms with Crippen LogP contribution >= 0.6 is 0 Å². The van der Waals surface area contributed by atoms with Crippen LogP contribution in [0.15, 0.2) is 24.3 Å². The first-order valence-electron chi connectivity index (χ1n) is 8.44. The first-order chi connectivity index (χ1) is 10.6. The quantitative estimate of drug-likeness (QED) is 0.919. The Kier molecular flexibility index (Phi) is 4.79. The van der Waals surface area contributed by atoms with E-state index in [1.54, 1.807) is 0 Å². The summed E-state index contributed by atoms with van der Waals surface area (Å²) in [4.78, 5) is 16.8. The van der Waals surface area contributed by atoms with E-state index >= 15 is 0 Å². The van der Waals surface area contributed by atoms with Gasteiger partial charge in [-0.3, -0.25) is 4.79 Å². The van der Waals surface area contributed by atoms with Gasteiger partial charge in [0.2, 0.25) is 5.91 Å². The fourth-order valence-corrected chi connectivity index (χ4v) is 3.65. The maximum absolute atomic E-state index is 12.5. The predicted molar refractivity (Wildman–Crippen MR) is 88.4 cm³/mol. The molecule has 2 heterocycles. The van der Waals surface area contributed by atoms with Gasteiger partial charge in [0.1, 0.15) is 0 Å². The van der Waals surface area contributed by atoms with E-state index in [-0.39, 0.29) is 11.9 Å². The van der Waals surface area contributed by atoms with Crippen LogP contribution in [-0.2, 0) is 17.8 Å². The summed E-state index contributed by atoms with van der Waals surface area (Å²) in [6.45, 7) is 6.94. The third-order valence-corrected chi connectivity index (χ3v) is 4.92. The number of likely N-dealkylation sites (tertiary alicyclic amines) is 1. The summed E-state index contributed by atoms with van der Waals surface area (Å²) in [5, 5.41) is 0. The molecule has 0 saturated carbocycles. The highest BCUT2D eigenvalue weighted by atomic mass is 16.2. The van der Waals surface area contributed by atoms with Crippen molar-refractivity contribution in [1.82, 2.24) is 9.80 Å². The van der Waals surface area contributed by atoms with Crippen LogP contribution in [0, 0.1) is 5.92 Å². The molecule has 120 valence electrons. The van der Waals surface area contributed by atoms with Crippen LogP contribution in [0.5, 0.6) is 0 Å². The van der Waals surface area contributed by atoms with Gasteiger partial charge >= 0.3 is 0 Å². The van der Waals surface area contributed by atoms with Gasteiger partial charge in [-0.1, -0.05) is 31.2 Å². The van der Waals surface area contributed by atoms with Crippen molar-refractivity contribution in [2.45, 2.75) is 38.8 Å². The van der Waals surface area contributed by atoms with E-state index in [4.69, 9.17) is 5.73 Å². The van der Waals surface area contributed by atoms with Crippen molar-refractivity contribution in [3.63, 3.8) is 0 Å². The van der Waals surface area contributed by atoms with E-state index in [1.807, 2.05) is 11.0 Å². The lowest BCUT2D eigenvalue weighted by Gasteiger charge is -2.30. The van der Waals surface area contributed by atoms with E-state index < -0.39 is 0 Å². The molecule has 0 aliphatic carbocycles. The molecule has 3 rings (SSSR count). The Labute approximate surface area is 133 Å². The van der Waals surface area contributed by atoms with Crippen molar-refractivity contribution in [2.75, 3.05) is 26.2 Å². The van der Waals surface area contributed by atoms with Gasteiger partial charge in [-0.25, -0.2) is 0 Å². The number of carbonyl (C=O) groups excluding carboxylic acids is 1. The lowest BCUT2D eigenvalue weighted by Crippen LogP contribution is -2.43. The summed E-state index contributed by atoms with van der Waals surface area (Å²) in [5.74, 6) is 0.968. The SMILES string of the molecule is CC1CCN(C[C@@H](N)CC(=O)N2CCc3ccccc3C2)C1. The molecule has 0 aromatic heterocycles. The van der Waals surface area contributed by atoms with Crippen LogP contribution in [-0.4, -0.2) is 47.9 Å². The van der Waals surface area contributed by atoms with Crippen LogP contribution < -0.4 is 5.73 Å². The average molecular weight is 301 g/mol. The van der Waals surface area contributed by atoms with Crippen molar-refractivity contribution in [2.24, 2.45) is 11.7 Å². The molecule has 0 spiro atoms. The number of nitrogens with zero attached hydrogens (tertiary/aromatic N) is 2. The lowest BCUT2D eigenvalue weighted by atomic mass is 9.99. The number of nitrogens with two attached hydrogens (primary N) is 1. The van der Waals surface area contributed by atoms with Gasteiger partial charge in [-0.05, 0) is 36.4 Å². The normalized spacial score (nSPS) is 23.4. The van der Waals surface area contributed by atoms with Crippen molar-refractivity contribution in [1.29, 1.82) is 0 Å². The Bertz CT molecular complexity index is 531. The molecule has 2 atom stereocenters. The smallest absolute Gasteiger partial charge is 0.224 e. The van der Waals surface area contributed by atoms with Crippen LogP contribution in [0.25, 0.3) is 0 Å². The Hall–Kier alpha value is -1.39. The number of benzene rings is 1. The van der Waals surface area contributed by atoms with Gasteiger partial charge in [0.05, 0.1) is 0 Å². The van der Waals surface area contributed by atoms with E-state index in [9.17, 15) is 4.79 Å². The van der Waals surface area contributed by atoms with E-state index in [0.29, 0.717) is 6.42 Å². The molecule has 1 fully saturated rings. The molecule has 1 unspecified atom stereocenters. The van der Waals surface area contributed by atoms with Gasteiger partial charge in [-0.15, -0.1) is 0 Å². The van der Waals surface area contributed by atoms with Crippen LogP contribution in [0.4, 0.5) is 0 Å². The zero-order valence-corrected chi connectivity index (χ0v) is 13.5. The van der Waals surface area contributed by atoms with E-state index in [1.165, 1.54) is 17.5 Å². The Morgan fingerprint density at radius 3 is 2.82 bits per heavy atom. The minimum absolute atomic E-state index is 0.0463. The number of hydrogen-bond acceptors (Lipinski definition) is 3. The second kappa shape index (κ2) is 6.80. The predicted octanol–water partition coefficient (Wildman–Crippen LogP) is 1.63. The molecule has 22 heavy (non-hydrogen) atoms. The average Bonchev–Trinajstić information content (AvgIpc) is 2.91. The lowest BCUT2D eigenvalue weighted by molar-refractivity contribution is -0.132. The third-order valence-electron chi connectivity index (χ3n) is 4.92. The summed E-state index contributed by atoms with van der Waals surface area (Å²) in [7, 11) is 0. The largest absolute Gasteiger partial charge is 0.338 e. The molecule has 4 nitrogen and oxygen atoms in total. The molecule has 1 amide bonds. The van der Waals surface area contributed by atoms with Crippen molar-refractivity contribution in [3.05, 3.63) is 35.4 Å². The van der Waals surface area contributed by atoms with Crippen molar-refractivity contribution >= 4 is 5.91 Å². The molecule has 2 aliphatic heterocycles. The van der Waals surface area contributed by atoms with Gasteiger partial charge in [0.15, 0.2) is 0 Å². The first-order valence-corrected chi connectivity index (χ1v) is 8.44. The number of carbonyl (C=O) groups is 1. The van der Waals surface area contributed by atoms with Gasteiger partial charge < -0.3 is 15.5 Å². The molecular formula is C18H27N3O. The number of rotatable bonds is 4. The highest BCUT2D eigenvalue weighted by Gasteiger charge is 2.24. The summed E-state index contributed by atoms with van der Waals surface area (Å²) >= 11 is 0. The number of amides is 1. The standard InChI is InChI=1S/C18H27N3O/c1-14-6-8-20(11-14)13-17(19)10-18(22)21-9-7-15-4-2-3-5-16(15)12-21/h2-5,14,17H,6-13,19H2,1H3/t14?,17-/m0/s1. The summed E-state index contributed by atoms with van der Waals surface area (Å²) in [5.41, 5.74) is 8.87. The Morgan fingerprint density at radius 1 is 1.32 bits per heavy atom. The van der Waals surface area contributed by atoms with Gasteiger partial charge in [0, 0.05) is 38.6 Å². The van der Waals surface area contributed by atoms with Crippen molar-refractivity contribution < 1.29 is 4.79 Å². The second-order valence-electron chi connectivity index (χ2n) is 6.95. The van der Waals surface area contributed by atoms with E-state index in [2.05, 4.69) is 30.0 Å². The van der Waals surface area contributed by atoms with Gasteiger partial charge in [0.25, 0.3) is 0 Å². The number of fused-ring (bicyclic) bond motifs is 1. The number of hydrogen-bond donors (Lipinski definition) is 1. The molecule has 1 aromatic rings. The minimum atomic E-state index is -0.0463. The fraction of sp³-hybridized carbons (Fsp3) is 0.611. The summed E-state index contributed by atoms with van der Waals surface area (Å²) in [6.07, 6.45) is 2.68. The molecule has 2 aliphatic rings. The van der Waals surface area contributed by atoms with Crippen LogP contribution in [0.3, 0.4) is 0 Å². The fourth-order valence-electron chi connectivity index (χ4n) is 3.65. The highest BCUT2D eigenvalue weighted by molar-refractivity contribution is 5.77. The summed E-state index contributed by atoms with van der Waals surface area (Å²) < 4.78 is 0. The molecular weight excluding hydrogens is 274 g/mol. The molecule has 0 radical (unpaired) electrons. The van der Waals surface area contributed by atoms with Gasteiger partial charge in [-0.2, -0.15) is 0 Å². The highest BCUT2D eigenvalue weighted by Crippen LogP contribution is 2.20. The van der Waals surface area contributed by atoms with Crippen LogP contribution in [0.2, 0.25) is 0 Å². The van der Waals surface area contributed by atoms with Crippen LogP contribution in [0.1, 0.15) is 30.9 Å². The second-order valence-corrected chi connectivity index (χ2v) is 6.95. The molecule has 2 N–H and O–H groups in total. The zero-order chi connectivity index (χ0) is 15.5. The minimum Gasteiger partial charge on any atom is -0.338 e. The molecule has 0 bridgehead atoms. The maximum Gasteiger partial charge on any atom is 0.224 e. The molecule has 1 saturated heterocycles. The van der Waals surface area contributed by atoms with Crippen molar-refractivity contribution in [3.8, 4) is 0 Å². The third kappa shape index (κ3) is 3.68. The van der Waals surface area contributed by atoms with E-state index in [0.717, 1.165) is 45.1 Å². The topological polar surface area (TPSA) is 49.6 Å². The first kappa shape index (κ1) is 15.5. The Balaban J connectivity index is 1.50. The monoisotopic (exact) mass is 301 g/mol.